The maximum absolute atomic E-state index is 12.2. The molecule has 26 heavy (non-hydrogen) atoms. The number of amides is 1. The first-order chi connectivity index (χ1) is 12.7. The third kappa shape index (κ3) is 3.65. The highest BCUT2D eigenvalue weighted by Gasteiger charge is 2.20. The summed E-state index contributed by atoms with van der Waals surface area (Å²) in [6, 6.07) is 15.8. The molecule has 0 aliphatic heterocycles. The van der Waals surface area contributed by atoms with Crippen molar-refractivity contribution in [3.8, 4) is 11.1 Å². The number of nitrogens with zero attached hydrogens (tertiary/aromatic N) is 2. The SMILES string of the molecule is O=C(Cc1ccccc1Cl)Nc1ccc(-c2cnn(C3CCC3)c2)cc1. The van der Waals surface area contributed by atoms with Crippen LogP contribution in [0.15, 0.2) is 60.9 Å². The number of halogens is 1. The molecule has 1 saturated carbocycles. The summed E-state index contributed by atoms with van der Waals surface area (Å²) in [7, 11) is 0. The monoisotopic (exact) mass is 365 g/mol. The van der Waals surface area contributed by atoms with Gasteiger partial charge in [-0.3, -0.25) is 9.48 Å². The molecule has 1 fully saturated rings. The van der Waals surface area contributed by atoms with Crippen LogP contribution in [0.4, 0.5) is 5.69 Å². The molecule has 4 rings (SSSR count). The molecule has 0 saturated heterocycles. The van der Waals surface area contributed by atoms with E-state index in [9.17, 15) is 4.79 Å². The van der Waals surface area contributed by atoms with E-state index in [1.807, 2.05) is 48.7 Å². The molecule has 1 heterocycles. The number of anilines is 1. The molecule has 0 bridgehead atoms. The van der Waals surface area contributed by atoms with Crippen molar-refractivity contribution in [2.75, 3.05) is 5.32 Å². The number of rotatable bonds is 5. The normalized spacial score (nSPS) is 14.0. The molecule has 4 nitrogen and oxygen atoms in total. The second-order valence-corrected chi connectivity index (χ2v) is 7.09. The van der Waals surface area contributed by atoms with Crippen LogP contribution in [-0.2, 0) is 11.2 Å². The Balaban J connectivity index is 1.40. The zero-order chi connectivity index (χ0) is 17.9. The van der Waals surface area contributed by atoms with Crippen molar-refractivity contribution in [1.29, 1.82) is 0 Å². The number of carbonyl (C=O) groups excluding carboxylic acids is 1. The summed E-state index contributed by atoms with van der Waals surface area (Å²) < 4.78 is 2.07. The fourth-order valence-corrected chi connectivity index (χ4v) is 3.31. The van der Waals surface area contributed by atoms with Gasteiger partial charge in [-0.2, -0.15) is 5.10 Å². The molecule has 5 heteroatoms. The zero-order valence-corrected chi connectivity index (χ0v) is 15.1. The van der Waals surface area contributed by atoms with Crippen molar-refractivity contribution in [3.63, 3.8) is 0 Å². The van der Waals surface area contributed by atoms with Gasteiger partial charge in [-0.25, -0.2) is 0 Å². The van der Waals surface area contributed by atoms with Crippen LogP contribution in [0.2, 0.25) is 5.02 Å². The van der Waals surface area contributed by atoms with Crippen LogP contribution in [-0.4, -0.2) is 15.7 Å². The van der Waals surface area contributed by atoms with Gasteiger partial charge in [-0.1, -0.05) is 41.9 Å². The maximum Gasteiger partial charge on any atom is 0.228 e. The highest BCUT2D eigenvalue weighted by molar-refractivity contribution is 6.31. The third-order valence-electron chi connectivity index (χ3n) is 4.86. The average molecular weight is 366 g/mol. The van der Waals surface area contributed by atoms with Crippen LogP contribution in [0, 0.1) is 0 Å². The molecule has 132 valence electrons. The lowest BCUT2D eigenvalue weighted by Crippen LogP contribution is -2.16. The van der Waals surface area contributed by atoms with E-state index in [1.54, 1.807) is 6.07 Å². The van der Waals surface area contributed by atoms with Gasteiger partial charge in [-0.05, 0) is 48.6 Å². The molecule has 0 spiro atoms. The van der Waals surface area contributed by atoms with E-state index in [-0.39, 0.29) is 12.3 Å². The Labute approximate surface area is 157 Å². The van der Waals surface area contributed by atoms with Crippen LogP contribution in [0.5, 0.6) is 0 Å². The Bertz CT molecular complexity index is 913. The van der Waals surface area contributed by atoms with E-state index in [1.165, 1.54) is 19.3 Å². The van der Waals surface area contributed by atoms with Gasteiger partial charge in [-0.15, -0.1) is 0 Å². The summed E-state index contributed by atoms with van der Waals surface area (Å²) >= 11 is 6.11. The number of carbonyl (C=O) groups is 1. The van der Waals surface area contributed by atoms with Crippen molar-refractivity contribution < 1.29 is 4.79 Å². The summed E-state index contributed by atoms with van der Waals surface area (Å²) in [5.74, 6) is -0.0800. The largest absolute Gasteiger partial charge is 0.326 e. The molecule has 0 radical (unpaired) electrons. The zero-order valence-electron chi connectivity index (χ0n) is 14.4. The smallest absolute Gasteiger partial charge is 0.228 e. The Kier molecular flexibility index (Phi) is 4.76. The van der Waals surface area contributed by atoms with E-state index >= 15 is 0 Å². The molecule has 1 N–H and O–H groups in total. The maximum atomic E-state index is 12.2. The summed E-state index contributed by atoms with van der Waals surface area (Å²) in [6.45, 7) is 0. The minimum Gasteiger partial charge on any atom is -0.326 e. The Morgan fingerprint density at radius 3 is 2.58 bits per heavy atom. The van der Waals surface area contributed by atoms with Crippen molar-refractivity contribution in [3.05, 3.63) is 71.5 Å². The molecule has 0 atom stereocenters. The predicted octanol–water partition coefficient (Wildman–Crippen LogP) is 5.11. The summed E-state index contributed by atoms with van der Waals surface area (Å²) in [6.07, 6.45) is 8.01. The summed E-state index contributed by atoms with van der Waals surface area (Å²) in [5.41, 5.74) is 3.80. The van der Waals surface area contributed by atoms with Gasteiger partial charge in [0.2, 0.25) is 5.91 Å². The van der Waals surface area contributed by atoms with E-state index in [4.69, 9.17) is 11.6 Å². The minimum absolute atomic E-state index is 0.0800. The van der Waals surface area contributed by atoms with Crippen LogP contribution in [0.25, 0.3) is 11.1 Å². The van der Waals surface area contributed by atoms with Crippen molar-refractivity contribution in [1.82, 2.24) is 9.78 Å². The van der Waals surface area contributed by atoms with Gasteiger partial charge in [0, 0.05) is 22.5 Å². The van der Waals surface area contributed by atoms with E-state index < -0.39 is 0 Å². The number of nitrogens with one attached hydrogen (secondary N) is 1. The predicted molar refractivity (Wildman–Crippen MR) is 104 cm³/mol. The summed E-state index contributed by atoms with van der Waals surface area (Å²) in [5, 5.41) is 8.01. The molecule has 1 aliphatic carbocycles. The molecular formula is C21H20ClN3O. The molecule has 1 aromatic heterocycles. The van der Waals surface area contributed by atoms with E-state index in [0.29, 0.717) is 11.1 Å². The number of aromatic nitrogens is 2. The molecule has 2 aromatic carbocycles. The second-order valence-electron chi connectivity index (χ2n) is 6.69. The first-order valence-corrected chi connectivity index (χ1v) is 9.25. The van der Waals surface area contributed by atoms with Crippen LogP contribution < -0.4 is 5.32 Å². The van der Waals surface area contributed by atoms with Gasteiger partial charge >= 0.3 is 0 Å². The number of hydrogen-bond donors (Lipinski definition) is 1. The van der Waals surface area contributed by atoms with E-state index in [0.717, 1.165) is 22.4 Å². The highest BCUT2D eigenvalue weighted by atomic mass is 35.5. The molecule has 1 amide bonds. The molecule has 3 aromatic rings. The van der Waals surface area contributed by atoms with Crippen LogP contribution in [0.1, 0.15) is 30.9 Å². The molecule has 1 aliphatic rings. The van der Waals surface area contributed by atoms with Gasteiger partial charge in [0.1, 0.15) is 0 Å². The highest BCUT2D eigenvalue weighted by Crippen LogP contribution is 2.32. The van der Waals surface area contributed by atoms with E-state index in [2.05, 4.69) is 21.3 Å². The lowest BCUT2D eigenvalue weighted by Gasteiger charge is -2.25. The van der Waals surface area contributed by atoms with Crippen molar-refractivity contribution >= 4 is 23.2 Å². The molecule has 0 unspecified atom stereocenters. The van der Waals surface area contributed by atoms with Gasteiger partial charge < -0.3 is 5.32 Å². The fourth-order valence-electron chi connectivity index (χ4n) is 3.10. The lowest BCUT2D eigenvalue weighted by atomic mass is 9.93. The average Bonchev–Trinajstić information content (AvgIpc) is 3.05. The van der Waals surface area contributed by atoms with Crippen LogP contribution in [0.3, 0.4) is 0 Å². The fraction of sp³-hybridized carbons (Fsp3) is 0.238. The number of hydrogen-bond acceptors (Lipinski definition) is 2. The van der Waals surface area contributed by atoms with Crippen molar-refractivity contribution in [2.45, 2.75) is 31.7 Å². The quantitative estimate of drug-likeness (QED) is 0.683. The first-order valence-electron chi connectivity index (χ1n) is 8.87. The standard InChI is InChI=1S/C21H20ClN3O/c22-20-7-2-1-4-16(20)12-21(26)24-18-10-8-15(9-11-18)17-13-23-25(14-17)19-5-3-6-19/h1-2,4,7-11,13-14,19H,3,5-6,12H2,(H,24,26). The molecular weight excluding hydrogens is 346 g/mol. The summed E-state index contributed by atoms with van der Waals surface area (Å²) in [4.78, 5) is 12.2. The third-order valence-corrected chi connectivity index (χ3v) is 5.23. The van der Waals surface area contributed by atoms with Gasteiger partial charge in [0.15, 0.2) is 0 Å². The second kappa shape index (κ2) is 7.34. The first kappa shape index (κ1) is 16.9. The lowest BCUT2D eigenvalue weighted by molar-refractivity contribution is -0.115. The topological polar surface area (TPSA) is 46.9 Å². The van der Waals surface area contributed by atoms with Crippen molar-refractivity contribution in [2.24, 2.45) is 0 Å². The van der Waals surface area contributed by atoms with Gasteiger partial charge in [0.25, 0.3) is 0 Å². The Morgan fingerprint density at radius 2 is 1.88 bits per heavy atom. The minimum atomic E-state index is -0.0800. The van der Waals surface area contributed by atoms with Gasteiger partial charge in [0.05, 0.1) is 18.7 Å². The number of benzene rings is 2. The van der Waals surface area contributed by atoms with Crippen LogP contribution >= 0.6 is 11.6 Å². The Morgan fingerprint density at radius 1 is 1.12 bits per heavy atom. The Hall–Kier alpha value is -2.59.